The van der Waals surface area contributed by atoms with Crippen molar-refractivity contribution in [3.63, 3.8) is 0 Å². The van der Waals surface area contributed by atoms with Crippen LogP contribution >= 0.6 is 11.8 Å². The molecule has 6 heteroatoms. The zero-order valence-corrected chi connectivity index (χ0v) is 12.4. The normalized spacial score (nSPS) is 14.2. The molecule has 0 aliphatic heterocycles. The lowest BCUT2D eigenvalue weighted by Gasteiger charge is -2.09. The number of aliphatic carboxylic acids is 1. The molecule has 2 rings (SSSR count). The molecular weight excluding hydrogens is 290 g/mol. The summed E-state index contributed by atoms with van der Waals surface area (Å²) in [5.41, 5.74) is 2.32. The first-order valence-electron chi connectivity index (χ1n) is 6.82. The summed E-state index contributed by atoms with van der Waals surface area (Å²) < 4.78 is 0. The molecule has 1 aromatic carbocycles. The van der Waals surface area contributed by atoms with Crippen LogP contribution in [0.15, 0.2) is 18.2 Å². The standard InChI is InChI=1S/C15H17NO4S/c17-13-4-2-1-3-10-5-6-11(7-12(10)13)16-14(18)8-21-9-15(19)20/h5-7H,1-4,8-9H2,(H,16,18)(H,19,20). The van der Waals surface area contributed by atoms with Crippen molar-refractivity contribution in [3.05, 3.63) is 29.3 Å². The van der Waals surface area contributed by atoms with E-state index in [-0.39, 0.29) is 23.2 Å². The highest BCUT2D eigenvalue weighted by molar-refractivity contribution is 8.00. The summed E-state index contributed by atoms with van der Waals surface area (Å²) in [4.78, 5) is 34.1. The molecule has 0 saturated heterocycles. The molecular formula is C15H17NO4S. The van der Waals surface area contributed by atoms with Gasteiger partial charge in [0.1, 0.15) is 0 Å². The number of rotatable bonds is 5. The van der Waals surface area contributed by atoms with Crippen molar-refractivity contribution in [2.45, 2.75) is 25.7 Å². The third-order valence-corrected chi connectivity index (χ3v) is 4.17. The minimum atomic E-state index is -0.941. The van der Waals surface area contributed by atoms with Crippen LogP contribution in [0.1, 0.15) is 35.2 Å². The van der Waals surface area contributed by atoms with Gasteiger partial charge in [-0.2, -0.15) is 0 Å². The third-order valence-electron chi connectivity index (χ3n) is 3.25. The van der Waals surface area contributed by atoms with Gasteiger partial charge in [-0.05, 0) is 37.0 Å². The van der Waals surface area contributed by atoms with Crippen molar-refractivity contribution in [3.8, 4) is 0 Å². The van der Waals surface area contributed by atoms with Gasteiger partial charge in [-0.25, -0.2) is 0 Å². The molecule has 1 amide bonds. The number of carbonyl (C=O) groups excluding carboxylic acids is 2. The zero-order chi connectivity index (χ0) is 15.2. The number of Topliss-reactive ketones (excluding diaryl/α,β-unsaturated/α-hetero) is 1. The van der Waals surface area contributed by atoms with Gasteiger partial charge >= 0.3 is 5.97 Å². The second kappa shape index (κ2) is 7.26. The van der Waals surface area contributed by atoms with Crippen LogP contribution in [-0.4, -0.2) is 34.3 Å². The average molecular weight is 307 g/mol. The monoisotopic (exact) mass is 307 g/mol. The summed E-state index contributed by atoms with van der Waals surface area (Å²) in [6.07, 6.45) is 3.36. The van der Waals surface area contributed by atoms with Crippen LogP contribution in [0.25, 0.3) is 0 Å². The van der Waals surface area contributed by atoms with Crippen LogP contribution in [0, 0.1) is 0 Å². The fourth-order valence-electron chi connectivity index (χ4n) is 2.30. The number of nitrogens with one attached hydrogen (secondary N) is 1. The quantitative estimate of drug-likeness (QED) is 0.816. The van der Waals surface area contributed by atoms with Gasteiger partial charge in [-0.1, -0.05) is 6.07 Å². The molecule has 2 N–H and O–H groups in total. The largest absolute Gasteiger partial charge is 0.481 e. The molecule has 0 unspecified atom stereocenters. The van der Waals surface area contributed by atoms with Gasteiger partial charge < -0.3 is 10.4 Å². The Balaban J connectivity index is 1.99. The second-order valence-electron chi connectivity index (χ2n) is 4.94. The summed E-state index contributed by atoms with van der Waals surface area (Å²) in [6.45, 7) is 0. The fourth-order valence-corrected chi connectivity index (χ4v) is 2.83. The van der Waals surface area contributed by atoms with Crippen LogP contribution in [0.2, 0.25) is 0 Å². The Morgan fingerprint density at radius 3 is 2.71 bits per heavy atom. The van der Waals surface area contributed by atoms with E-state index in [0.29, 0.717) is 17.7 Å². The summed E-state index contributed by atoms with van der Waals surface area (Å²) in [5.74, 6) is -1.10. The van der Waals surface area contributed by atoms with Gasteiger partial charge in [0.2, 0.25) is 5.91 Å². The number of carboxylic acid groups (broad SMARTS) is 1. The lowest BCUT2D eigenvalue weighted by atomic mass is 10.0. The lowest BCUT2D eigenvalue weighted by molar-refractivity contribution is -0.133. The van der Waals surface area contributed by atoms with E-state index in [9.17, 15) is 14.4 Å². The molecule has 0 bridgehead atoms. The Kier molecular flexibility index (Phi) is 5.38. The number of hydrogen-bond donors (Lipinski definition) is 2. The number of thioether (sulfide) groups is 1. The van der Waals surface area contributed by atoms with E-state index in [2.05, 4.69) is 5.32 Å². The first kappa shape index (κ1) is 15.6. The third kappa shape index (κ3) is 4.60. The number of fused-ring (bicyclic) bond motifs is 1. The number of amides is 1. The predicted molar refractivity (Wildman–Crippen MR) is 81.9 cm³/mol. The molecule has 112 valence electrons. The molecule has 0 aromatic heterocycles. The number of hydrogen-bond acceptors (Lipinski definition) is 4. The van der Waals surface area contributed by atoms with Gasteiger partial charge in [0.15, 0.2) is 5.78 Å². The van der Waals surface area contributed by atoms with Gasteiger partial charge in [0, 0.05) is 17.7 Å². The van der Waals surface area contributed by atoms with Crippen LogP contribution in [-0.2, 0) is 16.0 Å². The Morgan fingerprint density at radius 2 is 1.95 bits per heavy atom. The molecule has 1 aliphatic carbocycles. The van der Waals surface area contributed by atoms with Gasteiger partial charge in [-0.15, -0.1) is 11.8 Å². The topological polar surface area (TPSA) is 83.5 Å². The highest BCUT2D eigenvalue weighted by Gasteiger charge is 2.16. The van der Waals surface area contributed by atoms with Crippen molar-refractivity contribution in [1.29, 1.82) is 0 Å². The van der Waals surface area contributed by atoms with Crippen molar-refractivity contribution in [2.24, 2.45) is 0 Å². The van der Waals surface area contributed by atoms with Crippen molar-refractivity contribution in [2.75, 3.05) is 16.8 Å². The van der Waals surface area contributed by atoms with Gasteiger partial charge in [-0.3, -0.25) is 14.4 Å². The highest BCUT2D eigenvalue weighted by atomic mass is 32.2. The Hall–Kier alpha value is -1.82. The van der Waals surface area contributed by atoms with Gasteiger partial charge in [0.25, 0.3) is 0 Å². The number of carbonyl (C=O) groups is 3. The predicted octanol–water partition coefficient (Wildman–Crippen LogP) is 2.35. The number of ketones is 1. The second-order valence-corrected chi connectivity index (χ2v) is 5.92. The molecule has 1 aromatic rings. The summed E-state index contributed by atoms with van der Waals surface area (Å²) in [7, 11) is 0. The van der Waals surface area contributed by atoms with E-state index in [0.717, 1.165) is 36.6 Å². The first-order valence-corrected chi connectivity index (χ1v) is 7.97. The molecule has 0 saturated carbocycles. The summed E-state index contributed by atoms with van der Waals surface area (Å²) >= 11 is 1.04. The van der Waals surface area contributed by atoms with E-state index >= 15 is 0 Å². The molecule has 0 spiro atoms. The number of anilines is 1. The maximum absolute atomic E-state index is 12.0. The van der Waals surface area contributed by atoms with Crippen LogP contribution in [0.5, 0.6) is 0 Å². The molecule has 0 fully saturated rings. The smallest absolute Gasteiger partial charge is 0.313 e. The number of benzene rings is 1. The fraction of sp³-hybridized carbons (Fsp3) is 0.400. The Labute approximate surface area is 127 Å². The van der Waals surface area contributed by atoms with E-state index in [1.54, 1.807) is 12.1 Å². The Bertz CT molecular complexity index is 571. The SMILES string of the molecule is O=C(O)CSCC(=O)Nc1ccc2c(c1)C(=O)CCCC2. The van der Waals surface area contributed by atoms with E-state index in [1.807, 2.05) is 6.07 Å². The number of aryl methyl sites for hydroxylation is 1. The maximum Gasteiger partial charge on any atom is 0.313 e. The molecule has 21 heavy (non-hydrogen) atoms. The minimum absolute atomic E-state index is 0.0807. The average Bonchev–Trinajstić information content (AvgIpc) is 2.61. The van der Waals surface area contributed by atoms with Crippen molar-refractivity contribution < 1.29 is 19.5 Å². The zero-order valence-electron chi connectivity index (χ0n) is 11.6. The summed E-state index contributed by atoms with van der Waals surface area (Å²) in [6, 6.07) is 5.40. The molecule has 1 aliphatic rings. The molecule has 0 atom stereocenters. The highest BCUT2D eigenvalue weighted by Crippen LogP contribution is 2.23. The molecule has 5 nitrogen and oxygen atoms in total. The molecule has 0 heterocycles. The van der Waals surface area contributed by atoms with Crippen molar-refractivity contribution >= 4 is 35.1 Å². The van der Waals surface area contributed by atoms with E-state index in [1.165, 1.54) is 0 Å². The molecule has 0 radical (unpaired) electrons. The Morgan fingerprint density at radius 1 is 1.19 bits per heavy atom. The number of carboxylic acids is 1. The summed E-state index contributed by atoms with van der Waals surface area (Å²) in [5, 5.41) is 11.2. The van der Waals surface area contributed by atoms with Crippen LogP contribution in [0.4, 0.5) is 5.69 Å². The first-order chi connectivity index (χ1) is 10.1. The minimum Gasteiger partial charge on any atom is -0.481 e. The van der Waals surface area contributed by atoms with E-state index in [4.69, 9.17) is 5.11 Å². The van der Waals surface area contributed by atoms with Gasteiger partial charge in [0.05, 0.1) is 11.5 Å². The van der Waals surface area contributed by atoms with Crippen LogP contribution in [0.3, 0.4) is 0 Å². The van der Waals surface area contributed by atoms with Crippen molar-refractivity contribution in [1.82, 2.24) is 0 Å². The maximum atomic E-state index is 12.0. The van der Waals surface area contributed by atoms with E-state index < -0.39 is 5.97 Å². The van der Waals surface area contributed by atoms with Crippen LogP contribution < -0.4 is 5.32 Å². The lowest BCUT2D eigenvalue weighted by Crippen LogP contribution is -2.16.